The van der Waals surface area contributed by atoms with Crippen molar-refractivity contribution in [3.63, 3.8) is 0 Å². The van der Waals surface area contributed by atoms with Crippen LogP contribution in [-0.4, -0.2) is 10.9 Å². The Hall–Kier alpha value is -2.54. The number of benzene rings is 1. The molecule has 2 N–H and O–H groups in total. The quantitative estimate of drug-likeness (QED) is 0.870. The van der Waals surface area contributed by atoms with Crippen molar-refractivity contribution in [2.75, 3.05) is 5.32 Å². The zero-order chi connectivity index (χ0) is 14.4. The van der Waals surface area contributed by atoms with E-state index in [0.717, 1.165) is 29.1 Å². The monoisotopic (exact) mass is 267 g/mol. The van der Waals surface area contributed by atoms with E-state index in [1.807, 2.05) is 43.3 Å². The standard InChI is InChI=1S/C16H17N3O/c1-2-3-16(20)19-13-6-4-12(5-7-13)15-9-8-14(18-15)10-11-17/h4-9,18H,2-3,10H2,1H3,(H,19,20). The number of aromatic nitrogens is 1. The average Bonchev–Trinajstić information content (AvgIpc) is 2.89. The summed E-state index contributed by atoms with van der Waals surface area (Å²) in [5, 5.41) is 11.5. The Bertz CT molecular complexity index is 620. The number of rotatable bonds is 5. The predicted octanol–water partition coefficient (Wildman–Crippen LogP) is 3.49. The van der Waals surface area contributed by atoms with E-state index in [0.29, 0.717) is 12.8 Å². The zero-order valence-electron chi connectivity index (χ0n) is 11.4. The minimum atomic E-state index is 0.0384. The van der Waals surface area contributed by atoms with Crippen LogP contribution in [0, 0.1) is 11.3 Å². The first-order chi connectivity index (χ1) is 9.72. The molecular weight excluding hydrogens is 250 g/mol. The Morgan fingerprint density at radius 1 is 1.25 bits per heavy atom. The minimum Gasteiger partial charge on any atom is -0.358 e. The summed E-state index contributed by atoms with van der Waals surface area (Å²) in [6, 6.07) is 13.6. The zero-order valence-corrected chi connectivity index (χ0v) is 11.4. The Labute approximate surface area is 118 Å². The number of carbonyl (C=O) groups is 1. The molecule has 0 bridgehead atoms. The molecule has 2 aromatic rings. The molecule has 0 spiro atoms. The Morgan fingerprint density at radius 2 is 2.00 bits per heavy atom. The number of hydrogen-bond acceptors (Lipinski definition) is 2. The molecule has 0 radical (unpaired) electrons. The number of H-pyrrole nitrogens is 1. The van der Waals surface area contributed by atoms with Crippen LogP contribution in [0.2, 0.25) is 0 Å². The maximum absolute atomic E-state index is 11.5. The fourth-order valence-corrected chi connectivity index (χ4v) is 1.98. The van der Waals surface area contributed by atoms with Crippen molar-refractivity contribution in [1.82, 2.24) is 4.98 Å². The lowest BCUT2D eigenvalue weighted by atomic mass is 10.1. The first-order valence-corrected chi connectivity index (χ1v) is 6.68. The van der Waals surface area contributed by atoms with Gasteiger partial charge in [0.1, 0.15) is 0 Å². The number of hydrogen-bond donors (Lipinski definition) is 2. The highest BCUT2D eigenvalue weighted by atomic mass is 16.1. The molecular formula is C16H17N3O. The van der Waals surface area contributed by atoms with Crippen LogP contribution in [0.5, 0.6) is 0 Å². The molecule has 0 aliphatic heterocycles. The van der Waals surface area contributed by atoms with Gasteiger partial charge in [0.05, 0.1) is 12.5 Å². The van der Waals surface area contributed by atoms with Gasteiger partial charge in [-0.1, -0.05) is 19.1 Å². The minimum absolute atomic E-state index is 0.0384. The van der Waals surface area contributed by atoms with Gasteiger partial charge in [0.2, 0.25) is 5.91 Å². The summed E-state index contributed by atoms with van der Waals surface area (Å²) in [5.74, 6) is 0.0384. The summed E-state index contributed by atoms with van der Waals surface area (Å²) in [5.41, 5.74) is 3.71. The van der Waals surface area contributed by atoms with Gasteiger partial charge in [0, 0.05) is 23.5 Å². The SMILES string of the molecule is CCCC(=O)Nc1ccc(-c2ccc(CC#N)[nH]2)cc1. The molecule has 0 unspecified atom stereocenters. The largest absolute Gasteiger partial charge is 0.358 e. The molecule has 4 nitrogen and oxygen atoms in total. The summed E-state index contributed by atoms with van der Waals surface area (Å²) >= 11 is 0. The molecule has 1 aromatic heterocycles. The molecule has 20 heavy (non-hydrogen) atoms. The third-order valence-electron chi connectivity index (χ3n) is 2.97. The van der Waals surface area contributed by atoms with Gasteiger partial charge in [-0.3, -0.25) is 4.79 Å². The molecule has 0 aliphatic carbocycles. The van der Waals surface area contributed by atoms with Crippen molar-refractivity contribution in [2.45, 2.75) is 26.2 Å². The van der Waals surface area contributed by atoms with Gasteiger partial charge in [-0.05, 0) is 36.2 Å². The normalized spacial score (nSPS) is 10.0. The molecule has 0 saturated heterocycles. The number of aromatic amines is 1. The highest BCUT2D eigenvalue weighted by Crippen LogP contribution is 2.21. The van der Waals surface area contributed by atoms with Crippen molar-refractivity contribution in [3.05, 3.63) is 42.1 Å². The van der Waals surface area contributed by atoms with E-state index in [1.165, 1.54) is 0 Å². The first kappa shape index (κ1) is 13.9. The summed E-state index contributed by atoms with van der Waals surface area (Å²) in [6.45, 7) is 1.98. The highest BCUT2D eigenvalue weighted by molar-refractivity contribution is 5.90. The van der Waals surface area contributed by atoms with Gasteiger partial charge in [-0.25, -0.2) is 0 Å². The maximum Gasteiger partial charge on any atom is 0.224 e. The lowest BCUT2D eigenvalue weighted by Crippen LogP contribution is -2.10. The third kappa shape index (κ3) is 3.48. The topological polar surface area (TPSA) is 68.7 Å². The molecule has 2 rings (SSSR count). The van der Waals surface area contributed by atoms with E-state index in [1.54, 1.807) is 0 Å². The number of amides is 1. The molecule has 1 heterocycles. The molecule has 1 amide bonds. The molecule has 0 aliphatic rings. The van der Waals surface area contributed by atoms with Crippen LogP contribution in [0.1, 0.15) is 25.5 Å². The third-order valence-corrected chi connectivity index (χ3v) is 2.97. The number of nitriles is 1. The van der Waals surface area contributed by atoms with E-state index in [-0.39, 0.29) is 5.91 Å². The molecule has 1 aromatic carbocycles. The second-order valence-corrected chi connectivity index (χ2v) is 4.61. The van der Waals surface area contributed by atoms with E-state index >= 15 is 0 Å². The Balaban J connectivity index is 2.07. The molecule has 4 heteroatoms. The molecule has 102 valence electrons. The van der Waals surface area contributed by atoms with Gasteiger partial charge in [-0.2, -0.15) is 5.26 Å². The first-order valence-electron chi connectivity index (χ1n) is 6.68. The van der Waals surface area contributed by atoms with Crippen molar-refractivity contribution >= 4 is 11.6 Å². The summed E-state index contributed by atoms with van der Waals surface area (Å²) in [6.07, 6.45) is 1.76. The van der Waals surface area contributed by atoms with Gasteiger partial charge in [0.25, 0.3) is 0 Å². The van der Waals surface area contributed by atoms with Crippen LogP contribution >= 0.6 is 0 Å². The average molecular weight is 267 g/mol. The molecule has 0 atom stereocenters. The van der Waals surface area contributed by atoms with Crippen molar-refractivity contribution in [2.24, 2.45) is 0 Å². The van der Waals surface area contributed by atoms with E-state index < -0.39 is 0 Å². The van der Waals surface area contributed by atoms with E-state index in [9.17, 15) is 4.79 Å². The number of nitrogens with zero attached hydrogens (tertiary/aromatic N) is 1. The van der Waals surface area contributed by atoms with Crippen LogP contribution in [0.25, 0.3) is 11.3 Å². The summed E-state index contributed by atoms with van der Waals surface area (Å²) in [7, 11) is 0. The predicted molar refractivity (Wildman–Crippen MR) is 79.1 cm³/mol. The fraction of sp³-hybridized carbons (Fsp3) is 0.250. The van der Waals surface area contributed by atoms with Gasteiger partial charge in [0.15, 0.2) is 0 Å². The fourth-order valence-electron chi connectivity index (χ4n) is 1.98. The summed E-state index contributed by atoms with van der Waals surface area (Å²) < 4.78 is 0. The molecule has 0 fully saturated rings. The van der Waals surface area contributed by atoms with Crippen LogP contribution in [0.4, 0.5) is 5.69 Å². The number of nitrogens with one attached hydrogen (secondary N) is 2. The van der Waals surface area contributed by atoms with Gasteiger partial charge in [-0.15, -0.1) is 0 Å². The van der Waals surface area contributed by atoms with Gasteiger partial charge >= 0.3 is 0 Å². The van der Waals surface area contributed by atoms with Crippen LogP contribution < -0.4 is 5.32 Å². The van der Waals surface area contributed by atoms with Crippen molar-refractivity contribution < 1.29 is 4.79 Å². The lowest BCUT2D eigenvalue weighted by Gasteiger charge is -2.05. The van der Waals surface area contributed by atoms with Crippen molar-refractivity contribution in [1.29, 1.82) is 5.26 Å². The Morgan fingerprint density at radius 3 is 2.65 bits per heavy atom. The van der Waals surface area contributed by atoms with Crippen LogP contribution in [0.15, 0.2) is 36.4 Å². The maximum atomic E-state index is 11.5. The summed E-state index contributed by atoms with van der Waals surface area (Å²) in [4.78, 5) is 14.7. The highest BCUT2D eigenvalue weighted by Gasteiger charge is 2.03. The van der Waals surface area contributed by atoms with E-state index in [4.69, 9.17) is 5.26 Å². The second-order valence-electron chi connectivity index (χ2n) is 4.61. The Kier molecular flexibility index (Phi) is 4.56. The number of carbonyl (C=O) groups excluding carboxylic acids is 1. The lowest BCUT2D eigenvalue weighted by molar-refractivity contribution is -0.116. The van der Waals surface area contributed by atoms with Gasteiger partial charge < -0.3 is 10.3 Å². The number of anilines is 1. The smallest absolute Gasteiger partial charge is 0.224 e. The van der Waals surface area contributed by atoms with Crippen LogP contribution in [-0.2, 0) is 11.2 Å². The second kappa shape index (κ2) is 6.58. The van der Waals surface area contributed by atoms with Crippen molar-refractivity contribution in [3.8, 4) is 17.3 Å². The van der Waals surface area contributed by atoms with E-state index in [2.05, 4.69) is 16.4 Å². The molecule has 0 saturated carbocycles. The van der Waals surface area contributed by atoms with Crippen LogP contribution in [0.3, 0.4) is 0 Å².